The summed E-state index contributed by atoms with van der Waals surface area (Å²) in [5, 5.41) is 0. The topological polar surface area (TPSA) is 61.0 Å². The molecule has 2 nitrogen and oxygen atoms in total. The minimum Gasteiger partial charge on any atom is -0.344 e. The van der Waals surface area contributed by atoms with Crippen molar-refractivity contribution in [1.82, 2.24) is 6.15 Å². The van der Waals surface area contributed by atoms with Crippen LogP contribution in [-0.2, 0) is 0 Å². The van der Waals surface area contributed by atoms with Gasteiger partial charge in [0.1, 0.15) is 0 Å². The fourth-order valence-corrected chi connectivity index (χ4v) is 6.27. The first kappa shape index (κ1) is 44.8. The van der Waals surface area contributed by atoms with Gasteiger partial charge in [-0.15, -0.1) is 17.0 Å². The van der Waals surface area contributed by atoms with E-state index in [0.717, 1.165) is 0 Å². The fourth-order valence-electron chi connectivity index (χ4n) is 6.27. The van der Waals surface area contributed by atoms with E-state index in [-0.39, 0.29) is 28.7 Å². The highest BCUT2D eigenvalue weighted by atomic mass is 79.9. The quantitative estimate of drug-likeness (QED) is 0.0706. The Balaban J connectivity index is -0.00000684. The van der Waals surface area contributed by atoms with E-state index in [1.807, 2.05) is 0 Å². The molecule has 3 heteroatoms. The van der Waals surface area contributed by atoms with Gasteiger partial charge in [0.15, 0.2) is 0 Å². The summed E-state index contributed by atoms with van der Waals surface area (Å²) in [6.07, 6.45) is 46.6. The third kappa shape index (κ3) is 34.6. The van der Waals surface area contributed by atoms with Crippen molar-refractivity contribution >= 4 is 17.0 Å². The monoisotopic (exact) mass is 633 g/mol. The molecule has 0 saturated carbocycles. The number of hydrogen-bond donors (Lipinski definition) is 2. The molecule has 0 aromatic carbocycles. The van der Waals surface area contributed by atoms with Crippen LogP contribution in [-0.4, -0.2) is 5.54 Å². The van der Waals surface area contributed by atoms with Crippen molar-refractivity contribution in [3.05, 3.63) is 0 Å². The highest BCUT2D eigenvalue weighted by Crippen LogP contribution is 2.27. The second kappa shape index (κ2) is 37.4. The third-order valence-electron chi connectivity index (χ3n) is 9.08. The minimum absolute atomic E-state index is 0. The van der Waals surface area contributed by atoms with Gasteiger partial charge >= 0.3 is 0 Å². The minimum atomic E-state index is 0. The van der Waals surface area contributed by atoms with E-state index >= 15 is 0 Å². The van der Waals surface area contributed by atoms with Crippen LogP contribution in [0.5, 0.6) is 0 Å². The zero-order valence-electron chi connectivity index (χ0n) is 28.5. The lowest BCUT2D eigenvalue weighted by atomic mass is 9.82. The molecule has 0 amide bonds. The predicted molar refractivity (Wildman–Crippen MR) is 192 cm³/mol. The van der Waals surface area contributed by atoms with Gasteiger partial charge in [-0.3, -0.25) is 0 Å². The number of nitrogens with two attached hydrogens (primary N) is 1. The molecule has 0 aliphatic heterocycles. The zero-order valence-corrected chi connectivity index (χ0v) is 30.2. The molecule has 0 aromatic heterocycles. The van der Waals surface area contributed by atoms with E-state index in [1.54, 1.807) is 0 Å². The summed E-state index contributed by atoms with van der Waals surface area (Å²) in [5.74, 6) is 0. The van der Waals surface area contributed by atoms with Crippen molar-refractivity contribution in [3.63, 3.8) is 0 Å². The normalized spacial score (nSPS) is 11.4. The molecule has 0 aliphatic carbocycles. The van der Waals surface area contributed by atoms with Gasteiger partial charge in [-0.1, -0.05) is 213 Å². The number of hydrogen-bond acceptors (Lipinski definition) is 2. The van der Waals surface area contributed by atoms with Crippen LogP contribution in [0, 0.1) is 0 Å². The molecular weight excluding hydrogens is 552 g/mol. The van der Waals surface area contributed by atoms with Crippen LogP contribution in [0.4, 0.5) is 0 Å². The van der Waals surface area contributed by atoms with E-state index in [2.05, 4.69) is 20.8 Å². The molecule has 0 aromatic rings. The van der Waals surface area contributed by atoms with Crippen LogP contribution in [0.1, 0.15) is 233 Å². The van der Waals surface area contributed by atoms with Gasteiger partial charge in [-0.25, -0.2) is 0 Å². The molecule has 0 bridgehead atoms. The maximum absolute atomic E-state index is 7.12. The second-order valence-electron chi connectivity index (χ2n) is 13.2. The van der Waals surface area contributed by atoms with Crippen molar-refractivity contribution in [2.24, 2.45) is 5.73 Å². The van der Waals surface area contributed by atoms with Crippen LogP contribution < -0.4 is 11.9 Å². The van der Waals surface area contributed by atoms with Crippen LogP contribution in [0.2, 0.25) is 0 Å². The first-order valence-corrected chi connectivity index (χ1v) is 18.5. The summed E-state index contributed by atoms with van der Waals surface area (Å²) in [4.78, 5) is 0. The average Bonchev–Trinajstić information content (AvgIpc) is 2.92. The zero-order chi connectivity index (χ0) is 27.8. The number of rotatable bonds is 33. The van der Waals surface area contributed by atoms with E-state index in [0.29, 0.717) is 0 Å². The third-order valence-corrected chi connectivity index (χ3v) is 9.08. The van der Waals surface area contributed by atoms with E-state index < -0.39 is 0 Å². The summed E-state index contributed by atoms with van der Waals surface area (Å²) in [6.45, 7) is 6.93. The molecule has 0 saturated heterocycles. The van der Waals surface area contributed by atoms with Gasteiger partial charge in [-0.2, -0.15) is 0 Å². The van der Waals surface area contributed by atoms with Crippen LogP contribution >= 0.6 is 17.0 Å². The standard InChI is InChI=1S/C37H77N.BrH.H3N/c1-4-7-10-13-16-19-22-25-28-31-34-37(38,35-32-29-26-23-20-17-14-11-8-5-2)36-33-30-27-24-21-18-15-12-9-6-3;;/h4-36,38H2,1-3H3;1H;1H3. The van der Waals surface area contributed by atoms with Crippen LogP contribution in [0.3, 0.4) is 0 Å². The highest BCUT2D eigenvalue weighted by Gasteiger charge is 2.23. The molecule has 0 radical (unpaired) electrons. The maximum Gasteiger partial charge on any atom is 0.0154 e. The van der Waals surface area contributed by atoms with Crippen molar-refractivity contribution < 1.29 is 0 Å². The molecule has 0 aliphatic rings. The Kier molecular flexibility index (Phi) is 42.0. The van der Waals surface area contributed by atoms with Crippen molar-refractivity contribution in [1.29, 1.82) is 0 Å². The summed E-state index contributed by atoms with van der Waals surface area (Å²) in [5.41, 5.74) is 7.25. The Morgan fingerprint density at radius 2 is 0.450 bits per heavy atom. The Morgan fingerprint density at radius 1 is 0.300 bits per heavy atom. The van der Waals surface area contributed by atoms with Crippen molar-refractivity contribution in [2.45, 2.75) is 238 Å². The van der Waals surface area contributed by atoms with Crippen LogP contribution in [0.15, 0.2) is 0 Å². The van der Waals surface area contributed by atoms with E-state index in [4.69, 9.17) is 5.73 Å². The molecule has 0 spiro atoms. The van der Waals surface area contributed by atoms with Crippen molar-refractivity contribution in [2.75, 3.05) is 0 Å². The smallest absolute Gasteiger partial charge is 0.0154 e. The molecule has 40 heavy (non-hydrogen) atoms. The molecule has 5 N–H and O–H groups in total. The summed E-state index contributed by atoms with van der Waals surface area (Å²) >= 11 is 0. The number of unbranched alkanes of at least 4 members (excludes halogenated alkanes) is 27. The fraction of sp³-hybridized carbons (Fsp3) is 1.00. The Morgan fingerprint density at radius 3 is 0.625 bits per heavy atom. The Hall–Kier alpha value is 0.400. The molecule has 0 fully saturated rings. The van der Waals surface area contributed by atoms with Gasteiger partial charge in [0.25, 0.3) is 0 Å². The highest BCUT2D eigenvalue weighted by molar-refractivity contribution is 8.93. The SMILES string of the molecule is Br.CCCCCCCCCCCCC(N)(CCCCCCCCCCCC)CCCCCCCCCCCC.N. The molecule has 0 rings (SSSR count). The van der Waals surface area contributed by atoms with Crippen LogP contribution in [0.25, 0.3) is 0 Å². The summed E-state index contributed by atoms with van der Waals surface area (Å²) in [7, 11) is 0. The van der Waals surface area contributed by atoms with Gasteiger partial charge < -0.3 is 11.9 Å². The lowest BCUT2D eigenvalue weighted by Gasteiger charge is -2.30. The molecule has 0 atom stereocenters. The lowest BCUT2D eigenvalue weighted by molar-refractivity contribution is 0.302. The first-order valence-electron chi connectivity index (χ1n) is 18.5. The predicted octanol–water partition coefficient (Wildman–Crippen LogP) is 14.4. The van der Waals surface area contributed by atoms with Gasteiger partial charge in [0, 0.05) is 5.54 Å². The van der Waals surface area contributed by atoms with E-state index in [1.165, 1.54) is 212 Å². The molecule has 0 heterocycles. The Bertz CT molecular complexity index is 369. The second-order valence-corrected chi connectivity index (χ2v) is 13.2. The lowest BCUT2D eigenvalue weighted by Crippen LogP contribution is -2.39. The average molecular weight is 634 g/mol. The first-order chi connectivity index (χ1) is 18.7. The molecule has 246 valence electrons. The van der Waals surface area contributed by atoms with Gasteiger partial charge in [-0.05, 0) is 19.3 Å². The number of halogens is 1. The van der Waals surface area contributed by atoms with E-state index in [9.17, 15) is 0 Å². The largest absolute Gasteiger partial charge is 0.344 e. The molecular formula is C37H81BrN2. The molecule has 0 unspecified atom stereocenters. The Labute approximate surface area is 266 Å². The summed E-state index contributed by atoms with van der Waals surface area (Å²) in [6, 6.07) is 0. The van der Waals surface area contributed by atoms with Crippen molar-refractivity contribution in [3.8, 4) is 0 Å². The van der Waals surface area contributed by atoms with Gasteiger partial charge in [0.2, 0.25) is 0 Å². The van der Waals surface area contributed by atoms with Gasteiger partial charge in [0.05, 0.1) is 0 Å². The summed E-state index contributed by atoms with van der Waals surface area (Å²) < 4.78 is 0. The maximum atomic E-state index is 7.12.